The molecule has 1 N–H and O–H groups in total. The van der Waals surface area contributed by atoms with Gasteiger partial charge in [0.1, 0.15) is 5.69 Å². The SMILES string of the molecule is COC1CCN(c2ccc([C@@H](C)O)cc2[N+](=O)[O-])CC1. The third-order valence-corrected chi connectivity index (χ3v) is 3.79. The van der Waals surface area contributed by atoms with Crippen LogP contribution in [0.25, 0.3) is 0 Å². The highest BCUT2D eigenvalue weighted by molar-refractivity contribution is 5.64. The topological polar surface area (TPSA) is 75.8 Å². The predicted molar refractivity (Wildman–Crippen MR) is 76.0 cm³/mol. The minimum absolute atomic E-state index is 0.0549. The van der Waals surface area contributed by atoms with E-state index in [2.05, 4.69) is 0 Å². The summed E-state index contributed by atoms with van der Waals surface area (Å²) in [6, 6.07) is 4.94. The van der Waals surface area contributed by atoms with Crippen molar-refractivity contribution in [1.29, 1.82) is 0 Å². The highest BCUT2D eigenvalue weighted by Gasteiger charge is 2.25. The van der Waals surface area contributed by atoms with Gasteiger partial charge < -0.3 is 14.7 Å². The molecule has 6 heteroatoms. The highest BCUT2D eigenvalue weighted by Crippen LogP contribution is 2.33. The molecule has 0 unspecified atom stereocenters. The number of anilines is 1. The molecule has 6 nitrogen and oxygen atoms in total. The Hall–Kier alpha value is -1.66. The summed E-state index contributed by atoms with van der Waals surface area (Å²) in [4.78, 5) is 12.9. The van der Waals surface area contributed by atoms with Crippen LogP contribution in [0.2, 0.25) is 0 Å². The second-order valence-corrected chi connectivity index (χ2v) is 5.10. The Balaban J connectivity index is 2.25. The van der Waals surface area contributed by atoms with Crippen LogP contribution in [-0.4, -0.2) is 36.3 Å². The zero-order valence-corrected chi connectivity index (χ0v) is 11.8. The zero-order chi connectivity index (χ0) is 14.7. The first kappa shape index (κ1) is 14.7. The summed E-state index contributed by atoms with van der Waals surface area (Å²) < 4.78 is 5.31. The van der Waals surface area contributed by atoms with Gasteiger partial charge in [0, 0.05) is 26.3 Å². The van der Waals surface area contributed by atoms with E-state index in [4.69, 9.17) is 4.74 Å². The fraction of sp³-hybridized carbons (Fsp3) is 0.571. The number of rotatable bonds is 4. The largest absolute Gasteiger partial charge is 0.389 e. The Morgan fingerprint density at radius 3 is 2.60 bits per heavy atom. The lowest BCUT2D eigenvalue weighted by Crippen LogP contribution is -2.36. The number of nitro benzene ring substituents is 1. The van der Waals surface area contributed by atoms with Crippen molar-refractivity contribution in [3.63, 3.8) is 0 Å². The first-order valence-corrected chi connectivity index (χ1v) is 6.77. The van der Waals surface area contributed by atoms with Crippen LogP contribution in [-0.2, 0) is 4.74 Å². The van der Waals surface area contributed by atoms with E-state index in [-0.39, 0.29) is 16.7 Å². The second-order valence-electron chi connectivity index (χ2n) is 5.10. The third-order valence-electron chi connectivity index (χ3n) is 3.79. The monoisotopic (exact) mass is 280 g/mol. The van der Waals surface area contributed by atoms with Gasteiger partial charge in [0.2, 0.25) is 0 Å². The van der Waals surface area contributed by atoms with Crippen molar-refractivity contribution in [2.75, 3.05) is 25.1 Å². The van der Waals surface area contributed by atoms with Gasteiger partial charge in [-0.2, -0.15) is 0 Å². The van der Waals surface area contributed by atoms with Crippen molar-refractivity contribution >= 4 is 11.4 Å². The van der Waals surface area contributed by atoms with Gasteiger partial charge in [-0.25, -0.2) is 0 Å². The molecule has 1 saturated heterocycles. The summed E-state index contributed by atoms with van der Waals surface area (Å²) in [6.45, 7) is 3.09. The van der Waals surface area contributed by atoms with Gasteiger partial charge in [0.25, 0.3) is 5.69 Å². The zero-order valence-electron chi connectivity index (χ0n) is 11.8. The van der Waals surface area contributed by atoms with Crippen LogP contribution in [0.15, 0.2) is 18.2 Å². The van der Waals surface area contributed by atoms with E-state index in [0.29, 0.717) is 11.3 Å². The van der Waals surface area contributed by atoms with Gasteiger partial charge in [-0.15, -0.1) is 0 Å². The molecule has 1 fully saturated rings. The maximum Gasteiger partial charge on any atom is 0.292 e. The van der Waals surface area contributed by atoms with Crippen molar-refractivity contribution in [2.24, 2.45) is 0 Å². The maximum absolute atomic E-state index is 11.2. The van der Waals surface area contributed by atoms with Crippen LogP contribution < -0.4 is 4.90 Å². The summed E-state index contributed by atoms with van der Waals surface area (Å²) in [5, 5.41) is 20.8. The van der Waals surface area contributed by atoms with E-state index in [1.807, 2.05) is 4.90 Å². The van der Waals surface area contributed by atoms with E-state index in [9.17, 15) is 15.2 Å². The average Bonchev–Trinajstić information content (AvgIpc) is 2.46. The lowest BCUT2D eigenvalue weighted by atomic mass is 10.0. The molecule has 0 aromatic heterocycles. The summed E-state index contributed by atoms with van der Waals surface area (Å²) in [6.07, 6.45) is 1.27. The van der Waals surface area contributed by atoms with Crippen LogP contribution in [0.1, 0.15) is 31.4 Å². The van der Waals surface area contributed by atoms with Gasteiger partial charge in [-0.3, -0.25) is 10.1 Å². The summed E-state index contributed by atoms with van der Waals surface area (Å²) >= 11 is 0. The molecule has 0 aliphatic carbocycles. The molecule has 0 amide bonds. The summed E-state index contributed by atoms with van der Waals surface area (Å²) in [5.74, 6) is 0. The third kappa shape index (κ3) is 3.08. The number of ether oxygens (including phenoxy) is 1. The maximum atomic E-state index is 11.2. The van der Waals surface area contributed by atoms with E-state index in [0.717, 1.165) is 25.9 Å². The van der Waals surface area contributed by atoms with Crippen molar-refractivity contribution in [2.45, 2.75) is 32.0 Å². The Morgan fingerprint density at radius 1 is 1.45 bits per heavy atom. The van der Waals surface area contributed by atoms with Gasteiger partial charge in [-0.05, 0) is 31.4 Å². The molecule has 1 atom stereocenters. The number of piperidine rings is 1. The highest BCUT2D eigenvalue weighted by atomic mass is 16.6. The molecule has 20 heavy (non-hydrogen) atoms. The van der Waals surface area contributed by atoms with Crippen molar-refractivity contribution in [1.82, 2.24) is 0 Å². The van der Waals surface area contributed by atoms with E-state index in [1.54, 1.807) is 26.2 Å². The minimum atomic E-state index is -0.707. The molecule has 1 aliphatic heterocycles. The van der Waals surface area contributed by atoms with E-state index < -0.39 is 6.10 Å². The van der Waals surface area contributed by atoms with Gasteiger partial charge >= 0.3 is 0 Å². The number of aliphatic hydroxyl groups excluding tert-OH is 1. The molecule has 2 rings (SSSR count). The lowest BCUT2D eigenvalue weighted by molar-refractivity contribution is -0.384. The molecule has 1 aliphatic rings. The van der Waals surface area contributed by atoms with Crippen LogP contribution >= 0.6 is 0 Å². The molecule has 110 valence electrons. The first-order valence-electron chi connectivity index (χ1n) is 6.77. The number of benzene rings is 1. The number of hydrogen-bond acceptors (Lipinski definition) is 5. The summed E-state index contributed by atoms with van der Waals surface area (Å²) in [5.41, 5.74) is 1.24. The number of aliphatic hydroxyl groups is 1. The Morgan fingerprint density at radius 2 is 2.10 bits per heavy atom. The smallest absolute Gasteiger partial charge is 0.292 e. The van der Waals surface area contributed by atoms with E-state index >= 15 is 0 Å². The van der Waals surface area contributed by atoms with Crippen molar-refractivity contribution < 1.29 is 14.8 Å². The van der Waals surface area contributed by atoms with Crippen molar-refractivity contribution in [3.8, 4) is 0 Å². The second kappa shape index (κ2) is 6.19. The van der Waals surface area contributed by atoms with E-state index in [1.165, 1.54) is 6.07 Å². The molecular formula is C14H20N2O4. The van der Waals surface area contributed by atoms with Gasteiger partial charge in [0.15, 0.2) is 0 Å². The van der Waals surface area contributed by atoms with Crippen LogP contribution in [0.4, 0.5) is 11.4 Å². The minimum Gasteiger partial charge on any atom is -0.389 e. The first-order chi connectivity index (χ1) is 9.52. The Labute approximate surface area is 118 Å². The fourth-order valence-corrected chi connectivity index (χ4v) is 2.55. The average molecular weight is 280 g/mol. The fourth-order valence-electron chi connectivity index (χ4n) is 2.55. The van der Waals surface area contributed by atoms with Crippen LogP contribution in [0.5, 0.6) is 0 Å². The number of hydrogen-bond donors (Lipinski definition) is 1. The van der Waals surface area contributed by atoms with Crippen LogP contribution in [0, 0.1) is 10.1 Å². The van der Waals surface area contributed by atoms with Gasteiger partial charge in [-0.1, -0.05) is 6.07 Å². The molecule has 0 bridgehead atoms. The standard InChI is InChI=1S/C14H20N2O4/c1-10(17)11-3-4-13(14(9-11)16(18)19)15-7-5-12(20-2)6-8-15/h3-4,9-10,12,17H,5-8H2,1-2H3/t10-/m1/s1. The number of nitro groups is 1. The molecule has 0 saturated carbocycles. The molecule has 1 aromatic carbocycles. The number of nitrogens with zero attached hydrogens (tertiary/aromatic N) is 2. The molecular weight excluding hydrogens is 260 g/mol. The Kier molecular flexibility index (Phi) is 4.57. The molecule has 1 aromatic rings. The molecule has 0 radical (unpaired) electrons. The quantitative estimate of drug-likeness (QED) is 0.676. The Bertz CT molecular complexity index is 482. The molecule has 0 spiro atoms. The summed E-state index contributed by atoms with van der Waals surface area (Å²) in [7, 11) is 1.69. The lowest BCUT2D eigenvalue weighted by Gasteiger charge is -2.32. The van der Waals surface area contributed by atoms with Crippen LogP contribution in [0.3, 0.4) is 0 Å². The predicted octanol–water partition coefficient (Wildman–Crippen LogP) is 2.26. The van der Waals surface area contributed by atoms with Gasteiger partial charge in [0.05, 0.1) is 17.1 Å². The van der Waals surface area contributed by atoms with Crippen molar-refractivity contribution in [3.05, 3.63) is 33.9 Å². The molecule has 1 heterocycles. The normalized spacial score (nSPS) is 18.1. The number of methoxy groups -OCH3 is 1.